The predicted molar refractivity (Wildman–Crippen MR) is 89.1 cm³/mol. The molecule has 6 heteroatoms. The van der Waals surface area contributed by atoms with Gasteiger partial charge in [-0.1, -0.05) is 0 Å². The highest BCUT2D eigenvalue weighted by Gasteiger charge is 2.48. The number of fused-ring (bicyclic) bond motifs is 2. The fourth-order valence-corrected chi connectivity index (χ4v) is 2.86. The zero-order valence-corrected chi connectivity index (χ0v) is 14.1. The summed E-state index contributed by atoms with van der Waals surface area (Å²) in [5, 5.41) is 1.67. The van der Waals surface area contributed by atoms with Crippen molar-refractivity contribution in [3.63, 3.8) is 0 Å². The van der Waals surface area contributed by atoms with E-state index in [1.807, 2.05) is 32.0 Å². The molecule has 3 heterocycles. The van der Waals surface area contributed by atoms with Crippen LogP contribution < -0.4 is 14.2 Å². The van der Waals surface area contributed by atoms with Gasteiger partial charge in [-0.25, -0.2) is 4.98 Å². The average Bonchev–Trinajstić information content (AvgIpc) is 2.95. The van der Waals surface area contributed by atoms with E-state index in [0.29, 0.717) is 29.6 Å². The lowest BCUT2D eigenvalue weighted by atomic mass is 10.1. The number of furan rings is 1. The molecule has 0 radical (unpaired) electrons. The Kier molecular flexibility index (Phi) is 3.31. The fraction of sp³-hybridized carbons (Fsp3) is 0.389. The lowest BCUT2D eigenvalue weighted by Gasteiger charge is -2.13. The normalized spacial score (nSPS) is 18.8. The summed E-state index contributed by atoms with van der Waals surface area (Å²) in [6, 6.07) is 5.56. The Bertz CT molecular complexity index is 915. The molecule has 1 atom stereocenters. The molecule has 24 heavy (non-hydrogen) atoms. The summed E-state index contributed by atoms with van der Waals surface area (Å²) in [5.74, 6) is 1.96. The third kappa shape index (κ3) is 2.34. The van der Waals surface area contributed by atoms with E-state index in [1.165, 1.54) is 0 Å². The second kappa shape index (κ2) is 5.27. The molecule has 1 saturated heterocycles. The Morgan fingerprint density at radius 3 is 2.58 bits per heavy atom. The first kappa shape index (κ1) is 15.1. The lowest BCUT2D eigenvalue weighted by molar-refractivity contribution is 0.246. The summed E-state index contributed by atoms with van der Waals surface area (Å²) in [6.07, 6.45) is 1.69. The summed E-state index contributed by atoms with van der Waals surface area (Å²) in [6.45, 7) is 4.56. The van der Waals surface area contributed by atoms with Crippen molar-refractivity contribution in [3.05, 3.63) is 24.5 Å². The van der Waals surface area contributed by atoms with Gasteiger partial charge in [-0.15, -0.1) is 0 Å². The van der Waals surface area contributed by atoms with Gasteiger partial charge in [-0.05, 0) is 26.0 Å². The van der Waals surface area contributed by atoms with Crippen LogP contribution in [0.5, 0.6) is 17.2 Å². The zero-order valence-electron chi connectivity index (χ0n) is 14.1. The summed E-state index contributed by atoms with van der Waals surface area (Å²) in [7, 11) is 3.24. The molecule has 0 N–H and O–H groups in total. The SMILES string of the molecule is COc1cc2nc3occc3c(OC)c2cc1OCC1OC1(C)C. The number of hydrogen-bond acceptors (Lipinski definition) is 6. The summed E-state index contributed by atoms with van der Waals surface area (Å²) in [4.78, 5) is 4.52. The number of ether oxygens (including phenoxy) is 4. The minimum absolute atomic E-state index is 0.0919. The first-order valence-electron chi connectivity index (χ1n) is 7.77. The van der Waals surface area contributed by atoms with Gasteiger partial charge in [-0.3, -0.25) is 0 Å². The van der Waals surface area contributed by atoms with Gasteiger partial charge in [-0.2, -0.15) is 0 Å². The molecular weight excluding hydrogens is 310 g/mol. The molecular formula is C18H19NO5. The molecule has 0 spiro atoms. The molecule has 0 bridgehead atoms. The van der Waals surface area contributed by atoms with Crippen molar-refractivity contribution in [2.45, 2.75) is 25.6 Å². The largest absolute Gasteiger partial charge is 0.495 e. The Labute approximate surface area is 139 Å². The van der Waals surface area contributed by atoms with E-state index in [2.05, 4.69) is 4.98 Å². The van der Waals surface area contributed by atoms with Gasteiger partial charge in [0.05, 0.1) is 37.0 Å². The van der Waals surface area contributed by atoms with E-state index in [9.17, 15) is 0 Å². The average molecular weight is 329 g/mol. The van der Waals surface area contributed by atoms with Gasteiger partial charge in [0.1, 0.15) is 18.5 Å². The van der Waals surface area contributed by atoms with Gasteiger partial charge < -0.3 is 23.4 Å². The highest BCUT2D eigenvalue weighted by atomic mass is 16.6. The number of hydrogen-bond donors (Lipinski definition) is 0. The molecule has 6 nitrogen and oxygen atoms in total. The van der Waals surface area contributed by atoms with Gasteiger partial charge in [0.2, 0.25) is 5.71 Å². The first-order chi connectivity index (χ1) is 11.5. The van der Waals surface area contributed by atoms with Crippen LogP contribution in [0.25, 0.3) is 22.0 Å². The van der Waals surface area contributed by atoms with E-state index >= 15 is 0 Å². The van der Waals surface area contributed by atoms with Crippen LogP contribution >= 0.6 is 0 Å². The van der Waals surface area contributed by atoms with Crippen LogP contribution in [0.15, 0.2) is 28.9 Å². The van der Waals surface area contributed by atoms with Crippen LogP contribution in [0.4, 0.5) is 0 Å². The maximum absolute atomic E-state index is 5.93. The molecule has 0 aliphatic carbocycles. The molecule has 126 valence electrons. The van der Waals surface area contributed by atoms with E-state index in [4.69, 9.17) is 23.4 Å². The summed E-state index contributed by atoms with van der Waals surface area (Å²) in [5.41, 5.74) is 1.14. The monoisotopic (exact) mass is 329 g/mol. The Balaban J connectivity index is 1.79. The minimum Gasteiger partial charge on any atom is -0.495 e. The maximum atomic E-state index is 5.93. The molecule has 0 saturated carbocycles. The Morgan fingerprint density at radius 1 is 1.12 bits per heavy atom. The molecule has 4 rings (SSSR count). The van der Waals surface area contributed by atoms with Crippen LogP contribution in [-0.2, 0) is 4.74 Å². The molecule has 1 aliphatic rings. The third-order valence-electron chi connectivity index (χ3n) is 4.40. The number of nitrogens with zero attached hydrogens (tertiary/aromatic N) is 1. The lowest BCUT2D eigenvalue weighted by Crippen LogP contribution is -2.12. The topological polar surface area (TPSA) is 66.3 Å². The van der Waals surface area contributed by atoms with Crippen LogP contribution in [-0.4, -0.2) is 37.5 Å². The van der Waals surface area contributed by atoms with Crippen molar-refractivity contribution >= 4 is 22.0 Å². The number of pyridine rings is 1. The first-order valence-corrected chi connectivity index (χ1v) is 7.77. The number of rotatable bonds is 5. The standard InChI is InChI=1S/C18H19NO5/c1-18(2)15(24-18)9-23-14-7-11-12(8-13(14)20-3)19-17-10(5-6-22-17)16(11)21-4/h5-8,15H,9H2,1-4H3. The van der Waals surface area contributed by atoms with E-state index in [1.54, 1.807) is 20.5 Å². The van der Waals surface area contributed by atoms with Crippen molar-refractivity contribution < 1.29 is 23.4 Å². The van der Waals surface area contributed by atoms with E-state index in [0.717, 1.165) is 16.3 Å². The van der Waals surface area contributed by atoms with Crippen molar-refractivity contribution in [1.82, 2.24) is 4.98 Å². The van der Waals surface area contributed by atoms with Gasteiger partial charge >= 0.3 is 0 Å². The molecule has 0 amide bonds. The maximum Gasteiger partial charge on any atom is 0.230 e. The van der Waals surface area contributed by atoms with E-state index < -0.39 is 0 Å². The fourth-order valence-electron chi connectivity index (χ4n) is 2.86. The van der Waals surface area contributed by atoms with Crippen LogP contribution in [0.1, 0.15) is 13.8 Å². The van der Waals surface area contributed by atoms with Crippen LogP contribution in [0.2, 0.25) is 0 Å². The molecule has 3 aromatic rings. The molecule has 2 aromatic heterocycles. The number of benzene rings is 1. The van der Waals surface area contributed by atoms with Gasteiger partial charge in [0.25, 0.3) is 0 Å². The number of methoxy groups -OCH3 is 2. The highest BCUT2D eigenvalue weighted by Crippen LogP contribution is 2.41. The zero-order chi connectivity index (χ0) is 16.9. The van der Waals surface area contributed by atoms with Gasteiger partial charge in [0.15, 0.2) is 11.5 Å². The second-order valence-electron chi connectivity index (χ2n) is 6.33. The minimum atomic E-state index is -0.119. The molecule has 1 fully saturated rings. The van der Waals surface area contributed by atoms with Crippen molar-refractivity contribution in [3.8, 4) is 17.2 Å². The molecule has 1 aromatic carbocycles. The number of aromatic nitrogens is 1. The van der Waals surface area contributed by atoms with Crippen molar-refractivity contribution in [2.75, 3.05) is 20.8 Å². The van der Waals surface area contributed by atoms with Crippen LogP contribution in [0, 0.1) is 0 Å². The Morgan fingerprint density at radius 2 is 1.92 bits per heavy atom. The van der Waals surface area contributed by atoms with Crippen molar-refractivity contribution in [1.29, 1.82) is 0 Å². The molecule has 1 unspecified atom stereocenters. The molecule has 1 aliphatic heterocycles. The van der Waals surface area contributed by atoms with Crippen LogP contribution in [0.3, 0.4) is 0 Å². The quantitative estimate of drug-likeness (QED) is 0.667. The predicted octanol–water partition coefficient (Wildman–Crippen LogP) is 3.55. The van der Waals surface area contributed by atoms with Crippen molar-refractivity contribution in [2.24, 2.45) is 0 Å². The van der Waals surface area contributed by atoms with Gasteiger partial charge in [0, 0.05) is 11.5 Å². The third-order valence-corrected chi connectivity index (χ3v) is 4.40. The summed E-state index contributed by atoms with van der Waals surface area (Å²) < 4.78 is 27.9. The smallest absolute Gasteiger partial charge is 0.230 e. The number of epoxide rings is 1. The second-order valence-corrected chi connectivity index (χ2v) is 6.33. The Hall–Kier alpha value is -2.47. The summed E-state index contributed by atoms with van der Waals surface area (Å²) >= 11 is 0. The highest BCUT2D eigenvalue weighted by molar-refractivity contribution is 6.00. The van der Waals surface area contributed by atoms with E-state index in [-0.39, 0.29) is 11.7 Å².